The average molecular weight is 396 g/mol. The van der Waals surface area contributed by atoms with Crippen LogP contribution in [0.5, 0.6) is 0 Å². The molecule has 0 aromatic carbocycles. The first kappa shape index (κ1) is 20.1. The van der Waals surface area contributed by atoms with Crippen LogP contribution in [-0.2, 0) is 19.4 Å². The number of hydrogen-bond donors (Lipinski definition) is 0. The number of carbonyl (C=O) groups excluding carboxylic acids is 1. The number of methoxy groups -OCH3 is 1. The zero-order valence-corrected chi connectivity index (χ0v) is 17.0. The number of amides is 1. The molecule has 3 rings (SSSR count). The quantitative estimate of drug-likeness (QED) is 0.774. The summed E-state index contributed by atoms with van der Waals surface area (Å²) in [5.74, 6) is 0.848. The number of piperidine rings is 1. The van der Waals surface area contributed by atoms with E-state index >= 15 is 0 Å². The number of likely N-dealkylation sites (tertiary alicyclic amines) is 1. The highest BCUT2D eigenvalue weighted by Gasteiger charge is 2.44. The smallest absolute Gasteiger partial charge is 0.254 e. The Balaban J connectivity index is 1.67. The normalized spacial score (nSPS) is 21.0. The maximum atomic E-state index is 13.2. The van der Waals surface area contributed by atoms with Crippen molar-refractivity contribution in [2.24, 2.45) is 0 Å². The van der Waals surface area contributed by atoms with Crippen molar-refractivity contribution in [1.82, 2.24) is 9.88 Å². The summed E-state index contributed by atoms with van der Waals surface area (Å²) in [4.78, 5) is 21.7. The van der Waals surface area contributed by atoms with Crippen molar-refractivity contribution in [3.05, 3.63) is 18.3 Å². The lowest BCUT2D eigenvalue weighted by Gasteiger charge is -2.42. The Kier molecular flexibility index (Phi) is 6.05. The summed E-state index contributed by atoms with van der Waals surface area (Å²) in [6, 6.07) is 3.31. The fraction of sp³-hybridized carbons (Fsp3) is 0.684. The third-order valence-corrected chi connectivity index (χ3v) is 6.82. The summed E-state index contributed by atoms with van der Waals surface area (Å²) < 4.78 is 28.9. The second-order valence-corrected chi connectivity index (χ2v) is 9.53. The first-order valence-electron chi connectivity index (χ1n) is 9.61. The SMILES string of the molecule is COC1(C(=O)N2CCCCCC2)CCN(c2ccc(S(C)(=O)=O)cn2)CC1. The molecule has 7 nitrogen and oxygen atoms in total. The van der Waals surface area contributed by atoms with Crippen LogP contribution in [-0.4, -0.2) is 69.4 Å². The molecule has 0 unspecified atom stereocenters. The van der Waals surface area contributed by atoms with Crippen molar-refractivity contribution in [2.75, 3.05) is 44.4 Å². The molecule has 0 spiro atoms. The summed E-state index contributed by atoms with van der Waals surface area (Å²) in [5.41, 5.74) is -0.756. The third-order valence-electron chi connectivity index (χ3n) is 5.72. The van der Waals surface area contributed by atoms with Gasteiger partial charge in [0.05, 0.1) is 4.90 Å². The summed E-state index contributed by atoms with van der Waals surface area (Å²) in [5, 5.41) is 0. The van der Waals surface area contributed by atoms with E-state index in [9.17, 15) is 13.2 Å². The molecule has 0 bridgehead atoms. The van der Waals surface area contributed by atoms with E-state index in [1.54, 1.807) is 19.2 Å². The Bertz CT molecular complexity index is 748. The van der Waals surface area contributed by atoms with Gasteiger partial charge in [-0.1, -0.05) is 12.8 Å². The van der Waals surface area contributed by atoms with Gasteiger partial charge in [0.25, 0.3) is 5.91 Å². The van der Waals surface area contributed by atoms with E-state index in [2.05, 4.69) is 9.88 Å². The van der Waals surface area contributed by atoms with E-state index < -0.39 is 15.4 Å². The number of hydrogen-bond acceptors (Lipinski definition) is 6. The molecule has 150 valence electrons. The Hall–Kier alpha value is -1.67. The standard InChI is InChI=1S/C19H29N3O4S/c1-26-19(18(23)22-11-5-3-4-6-12-22)9-13-21(14-10-19)17-8-7-16(15-20-17)27(2,24)25/h7-8,15H,3-6,9-14H2,1-2H3. The van der Waals surface area contributed by atoms with E-state index in [1.165, 1.54) is 25.3 Å². The fourth-order valence-electron chi connectivity index (χ4n) is 3.94. The number of ether oxygens (including phenoxy) is 1. The van der Waals surface area contributed by atoms with Crippen LogP contribution in [0.4, 0.5) is 5.82 Å². The Morgan fingerprint density at radius 2 is 1.70 bits per heavy atom. The van der Waals surface area contributed by atoms with Crippen LogP contribution in [0.15, 0.2) is 23.2 Å². The molecular weight excluding hydrogens is 366 g/mol. The Morgan fingerprint density at radius 3 is 2.19 bits per heavy atom. The minimum atomic E-state index is -3.25. The molecule has 1 aromatic heterocycles. The highest BCUT2D eigenvalue weighted by molar-refractivity contribution is 7.90. The molecule has 0 radical (unpaired) electrons. The van der Waals surface area contributed by atoms with E-state index in [4.69, 9.17) is 4.74 Å². The van der Waals surface area contributed by atoms with Gasteiger partial charge in [0, 0.05) is 58.6 Å². The molecule has 2 aliphatic rings. The summed E-state index contributed by atoms with van der Waals surface area (Å²) >= 11 is 0. The number of carbonyl (C=O) groups is 1. The Labute approximate surface area is 161 Å². The van der Waals surface area contributed by atoms with Gasteiger partial charge >= 0.3 is 0 Å². The fourth-order valence-corrected chi connectivity index (χ4v) is 4.50. The molecule has 2 fully saturated rings. The van der Waals surface area contributed by atoms with E-state index in [0.717, 1.165) is 31.7 Å². The molecule has 2 saturated heterocycles. The number of anilines is 1. The molecule has 27 heavy (non-hydrogen) atoms. The minimum absolute atomic E-state index is 0.118. The number of aromatic nitrogens is 1. The van der Waals surface area contributed by atoms with Crippen molar-refractivity contribution >= 4 is 21.6 Å². The van der Waals surface area contributed by atoms with Gasteiger partial charge < -0.3 is 14.5 Å². The molecule has 8 heteroatoms. The number of pyridine rings is 1. The van der Waals surface area contributed by atoms with Crippen LogP contribution in [0.25, 0.3) is 0 Å². The maximum Gasteiger partial charge on any atom is 0.254 e. The lowest BCUT2D eigenvalue weighted by Crippen LogP contribution is -2.56. The second-order valence-electron chi connectivity index (χ2n) is 7.52. The van der Waals surface area contributed by atoms with Gasteiger partial charge in [-0.05, 0) is 25.0 Å². The molecule has 1 amide bonds. The zero-order valence-electron chi connectivity index (χ0n) is 16.2. The molecule has 1 aromatic rings. The van der Waals surface area contributed by atoms with Gasteiger partial charge in [-0.15, -0.1) is 0 Å². The molecule has 0 N–H and O–H groups in total. The predicted molar refractivity (Wildman–Crippen MR) is 104 cm³/mol. The lowest BCUT2D eigenvalue weighted by atomic mass is 9.89. The summed E-state index contributed by atoms with van der Waals surface area (Å²) in [6.07, 6.45) is 8.28. The van der Waals surface area contributed by atoms with Crippen LogP contribution in [0, 0.1) is 0 Å². The van der Waals surface area contributed by atoms with Gasteiger partial charge in [-0.3, -0.25) is 4.79 Å². The zero-order chi connectivity index (χ0) is 19.5. The monoisotopic (exact) mass is 395 g/mol. The average Bonchev–Trinajstić information content (AvgIpc) is 2.96. The highest BCUT2D eigenvalue weighted by atomic mass is 32.2. The topological polar surface area (TPSA) is 79.8 Å². The maximum absolute atomic E-state index is 13.2. The van der Waals surface area contributed by atoms with Crippen LogP contribution >= 0.6 is 0 Å². The van der Waals surface area contributed by atoms with Gasteiger partial charge in [0.1, 0.15) is 11.4 Å². The second kappa shape index (κ2) is 8.14. The van der Waals surface area contributed by atoms with Crippen molar-refractivity contribution in [3.63, 3.8) is 0 Å². The van der Waals surface area contributed by atoms with Crippen molar-refractivity contribution in [3.8, 4) is 0 Å². The van der Waals surface area contributed by atoms with Gasteiger partial charge in [0.15, 0.2) is 9.84 Å². The number of sulfone groups is 1. The van der Waals surface area contributed by atoms with Gasteiger partial charge in [-0.25, -0.2) is 13.4 Å². The lowest BCUT2D eigenvalue weighted by molar-refractivity contribution is -0.157. The molecule has 2 aliphatic heterocycles. The van der Waals surface area contributed by atoms with Crippen LogP contribution in [0.1, 0.15) is 38.5 Å². The van der Waals surface area contributed by atoms with Crippen molar-refractivity contribution in [2.45, 2.75) is 49.0 Å². The molecule has 3 heterocycles. The van der Waals surface area contributed by atoms with Crippen molar-refractivity contribution < 1.29 is 17.9 Å². The van der Waals surface area contributed by atoms with Crippen molar-refractivity contribution in [1.29, 1.82) is 0 Å². The van der Waals surface area contributed by atoms with E-state index in [1.807, 2.05) is 4.90 Å². The molecular formula is C19H29N3O4S. The molecule has 0 saturated carbocycles. The number of nitrogens with zero attached hydrogens (tertiary/aromatic N) is 3. The van der Waals surface area contributed by atoms with Gasteiger partial charge in [0.2, 0.25) is 0 Å². The van der Waals surface area contributed by atoms with Gasteiger partial charge in [-0.2, -0.15) is 0 Å². The summed E-state index contributed by atoms with van der Waals surface area (Å²) in [6.45, 7) is 2.95. The first-order chi connectivity index (χ1) is 12.9. The van der Waals surface area contributed by atoms with E-state index in [0.29, 0.717) is 25.9 Å². The minimum Gasteiger partial charge on any atom is -0.368 e. The highest BCUT2D eigenvalue weighted by Crippen LogP contribution is 2.31. The van der Waals surface area contributed by atoms with Crippen LogP contribution < -0.4 is 4.90 Å². The third kappa shape index (κ3) is 4.43. The number of rotatable bonds is 4. The summed E-state index contributed by atoms with van der Waals surface area (Å²) in [7, 11) is -1.62. The van der Waals surface area contributed by atoms with Crippen LogP contribution in [0.3, 0.4) is 0 Å². The molecule has 0 aliphatic carbocycles. The Morgan fingerprint density at radius 1 is 1.07 bits per heavy atom. The predicted octanol–water partition coefficient (Wildman–Crippen LogP) is 1.87. The molecule has 0 atom stereocenters. The van der Waals surface area contributed by atoms with E-state index in [-0.39, 0.29) is 10.8 Å². The van der Waals surface area contributed by atoms with Crippen LogP contribution in [0.2, 0.25) is 0 Å². The first-order valence-corrected chi connectivity index (χ1v) is 11.5. The largest absolute Gasteiger partial charge is 0.368 e.